The fourth-order valence-corrected chi connectivity index (χ4v) is 5.33. The van der Waals surface area contributed by atoms with Crippen LogP contribution in [0.3, 0.4) is 0 Å². The van der Waals surface area contributed by atoms with Crippen LogP contribution in [0, 0.1) is 0 Å². The van der Waals surface area contributed by atoms with Gasteiger partial charge in [-0.2, -0.15) is 5.10 Å². The molecule has 11 heteroatoms. The van der Waals surface area contributed by atoms with Crippen LogP contribution in [0.1, 0.15) is 5.56 Å². The minimum Gasteiger partial charge on any atom is -0.484 e. The number of aromatic nitrogens is 3. The molecule has 2 heterocycles. The van der Waals surface area contributed by atoms with Gasteiger partial charge in [-0.1, -0.05) is 30.0 Å². The molecule has 0 saturated heterocycles. The van der Waals surface area contributed by atoms with Crippen molar-refractivity contribution in [3.8, 4) is 5.75 Å². The van der Waals surface area contributed by atoms with E-state index in [0.717, 1.165) is 11.3 Å². The summed E-state index contributed by atoms with van der Waals surface area (Å²) >= 11 is 1.45. The van der Waals surface area contributed by atoms with E-state index in [4.69, 9.17) is 4.74 Å². The summed E-state index contributed by atoms with van der Waals surface area (Å²) in [7, 11) is -3.65. The Balaban J connectivity index is 1.28. The summed E-state index contributed by atoms with van der Waals surface area (Å²) in [5, 5.41) is 9.92. The summed E-state index contributed by atoms with van der Waals surface area (Å²) in [5.74, 6) is 0.808. The number of ether oxygens (including phenoxy) is 1. The monoisotopic (exact) mass is 459 g/mol. The van der Waals surface area contributed by atoms with Crippen molar-refractivity contribution in [2.45, 2.75) is 16.5 Å². The van der Waals surface area contributed by atoms with Crippen molar-refractivity contribution in [1.82, 2.24) is 20.5 Å². The van der Waals surface area contributed by atoms with Crippen LogP contribution in [-0.4, -0.2) is 55.0 Å². The Morgan fingerprint density at radius 1 is 1.19 bits per heavy atom. The molecule has 0 aliphatic carbocycles. The van der Waals surface area contributed by atoms with Crippen LogP contribution >= 0.6 is 11.8 Å². The zero-order valence-corrected chi connectivity index (χ0v) is 18.2. The number of nitrogens with zero attached hydrogens (tertiary/aromatic N) is 3. The number of thioether (sulfide) groups is 1. The molecule has 162 valence electrons. The third kappa shape index (κ3) is 5.00. The first-order valence-electron chi connectivity index (χ1n) is 9.62. The Hall–Kier alpha value is -3.05. The van der Waals surface area contributed by atoms with E-state index in [1.807, 2.05) is 24.3 Å². The largest absolute Gasteiger partial charge is 0.484 e. The number of fused-ring (bicyclic) bond motifs is 1. The quantitative estimate of drug-likeness (QED) is 0.370. The maximum atomic E-state index is 13.0. The molecule has 4 rings (SSSR count). The predicted octanol–water partition coefficient (Wildman–Crippen LogP) is 1.84. The fourth-order valence-electron chi connectivity index (χ4n) is 3.19. The second-order valence-corrected chi connectivity index (χ2v) is 9.65. The molecular formula is C20H21N5O4S2. The Labute approximate surface area is 184 Å². The first-order chi connectivity index (χ1) is 15.0. The molecule has 0 bridgehead atoms. The van der Waals surface area contributed by atoms with E-state index in [1.54, 1.807) is 12.1 Å². The molecule has 1 aromatic heterocycles. The van der Waals surface area contributed by atoms with Gasteiger partial charge in [0.15, 0.2) is 11.8 Å². The average molecular weight is 460 g/mol. The number of hydrogen-bond donors (Lipinski definition) is 2. The first kappa shape index (κ1) is 21.2. The molecule has 1 amide bonds. The van der Waals surface area contributed by atoms with Gasteiger partial charge in [-0.05, 0) is 42.3 Å². The summed E-state index contributed by atoms with van der Waals surface area (Å²) in [6.07, 6.45) is 2.12. The van der Waals surface area contributed by atoms with Crippen molar-refractivity contribution in [3.63, 3.8) is 0 Å². The van der Waals surface area contributed by atoms with Crippen molar-refractivity contribution in [2.75, 3.05) is 29.8 Å². The highest BCUT2D eigenvalue weighted by atomic mass is 32.2. The highest BCUT2D eigenvalue weighted by Gasteiger charge is 2.30. The van der Waals surface area contributed by atoms with Crippen molar-refractivity contribution in [2.24, 2.45) is 0 Å². The summed E-state index contributed by atoms with van der Waals surface area (Å²) in [6.45, 7) is 0.732. The van der Waals surface area contributed by atoms with E-state index < -0.39 is 10.0 Å². The maximum Gasteiger partial charge on any atom is 0.264 e. The van der Waals surface area contributed by atoms with Crippen LogP contribution in [0.5, 0.6) is 5.75 Å². The number of sulfonamides is 1. The van der Waals surface area contributed by atoms with Gasteiger partial charge in [-0.15, -0.1) is 0 Å². The lowest BCUT2D eigenvalue weighted by molar-refractivity contribution is -0.122. The summed E-state index contributed by atoms with van der Waals surface area (Å²) < 4.78 is 32.9. The SMILES string of the molecule is O=C(COc1ccc(S(=O)(=O)N2CCc3ccccc32)cc1)NCCSc1ncn[nH]1. The molecule has 0 saturated carbocycles. The van der Waals surface area contributed by atoms with Crippen molar-refractivity contribution >= 4 is 33.4 Å². The van der Waals surface area contributed by atoms with Crippen LogP contribution in [0.4, 0.5) is 5.69 Å². The van der Waals surface area contributed by atoms with Gasteiger partial charge in [0.2, 0.25) is 0 Å². The van der Waals surface area contributed by atoms with Crippen molar-refractivity contribution in [3.05, 3.63) is 60.4 Å². The number of amides is 1. The molecule has 9 nitrogen and oxygen atoms in total. The van der Waals surface area contributed by atoms with Gasteiger partial charge < -0.3 is 10.1 Å². The highest BCUT2D eigenvalue weighted by molar-refractivity contribution is 7.99. The lowest BCUT2D eigenvalue weighted by Gasteiger charge is -2.19. The van der Waals surface area contributed by atoms with Gasteiger partial charge in [-0.25, -0.2) is 13.4 Å². The Morgan fingerprint density at radius 2 is 2.00 bits per heavy atom. The molecule has 3 aromatic rings. The minimum absolute atomic E-state index is 0.154. The first-order valence-corrected chi connectivity index (χ1v) is 12.0. The van der Waals surface area contributed by atoms with Gasteiger partial charge in [-0.3, -0.25) is 14.2 Å². The standard InChI is InChI=1S/C20H21N5O4S2/c26-19(21-10-12-30-20-22-14-23-24-20)13-29-16-5-7-17(8-6-16)31(27,28)25-11-9-15-3-1-2-4-18(15)25/h1-8,14H,9-13H2,(H,21,26)(H,22,23,24). The molecule has 0 spiro atoms. The van der Waals surface area contributed by atoms with Gasteiger partial charge >= 0.3 is 0 Å². The van der Waals surface area contributed by atoms with E-state index in [0.29, 0.717) is 36.2 Å². The minimum atomic E-state index is -3.65. The summed E-state index contributed by atoms with van der Waals surface area (Å²) in [4.78, 5) is 16.1. The second kappa shape index (κ2) is 9.40. The van der Waals surface area contributed by atoms with Crippen LogP contribution in [0.25, 0.3) is 0 Å². The highest BCUT2D eigenvalue weighted by Crippen LogP contribution is 2.32. The number of aromatic amines is 1. The molecular weight excluding hydrogens is 438 g/mol. The molecule has 0 atom stereocenters. The number of para-hydroxylation sites is 1. The molecule has 2 N–H and O–H groups in total. The van der Waals surface area contributed by atoms with E-state index >= 15 is 0 Å². The molecule has 2 aromatic carbocycles. The predicted molar refractivity (Wildman–Crippen MR) is 117 cm³/mol. The van der Waals surface area contributed by atoms with Gasteiger partial charge in [0.05, 0.1) is 10.6 Å². The molecule has 0 unspecified atom stereocenters. The number of H-pyrrole nitrogens is 1. The summed E-state index contributed by atoms with van der Waals surface area (Å²) in [5.41, 5.74) is 1.75. The van der Waals surface area contributed by atoms with Gasteiger partial charge in [0, 0.05) is 18.8 Å². The van der Waals surface area contributed by atoms with Crippen LogP contribution in [-0.2, 0) is 21.2 Å². The fraction of sp³-hybridized carbons (Fsp3) is 0.250. The van der Waals surface area contributed by atoms with Crippen molar-refractivity contribution < 1.29 is 17.9 Å². The molecule has 1 aliphatic heterocycles. The number of nitrogens with one attached hydrogen (secondary N) is 2. The Morgan fingerprint density at radius 3 is 2.77 bits per heavy atom. The maximum absolute atomic E-state index is 13.0. The number of anilines is 1. The molecule has 1 aliphatic rings. The third-order valence-corrected chi connectivity index (χ3v) is 7.39. The smallest absolute Gasteiger partial charge is 0.264 e. The topological polar surface area (TPSA) is 117 Å². The average Bonchev–Trinajstić information content (AvgIpc) is 3.45. The Bertz CT molecular complexity index is 1130. The van der Waals surface area contributed by atoms with Crippen molar-refractivity contribution in [1.29, 1.82) is 0 Å². The van der Waals surface area contributed by atoms with E-state index in [2.05, 4.69) is 20.5 Å². The number of hydrogen-bond acceptors (Lipinski definition) is 7. The lowest BCUT2D eigenvalue weighted by atomic mass is 10.2. The zero-order valence-electron chi connectivity index (χ0n) is 16.5. The lowest BCUT2D eigenvalue weighted by Crippen LogP contribution is -2.30. The molecule has 31 heavy (non-hydrogen) atoms. The zero-order chi connectivity index (χ0) is 21.7. The summed E-state index contributed by atoms with van der Waals surface area (Å²) in [6, 6.07) is 13.6. The van der Waals surface area contributed by atoms with Crippen LogP contribution in [0.15, 0.2) is 64.9 Å². The molecule has 0 fully saturated rings. The van der Waals surface area contributed by atoms with Gasteiger partial charge in [0.1, 0.15) is 12.1 Å². The Kier molecular flexibility index (Phi) is 6.42. The second-order valence-electron chi connectivity index (χ2n) is 6.71. The number of benzene rings is 2. The molecule has 0 radical (unpaired) electrons. The van der Waals surface area contributed by atoms with Crippen LogP contribution in [0.2, 0.25) is 0 Å². The number of rotatable bonds is 9. The normalized spacial score (nSPS) is 13.1. The van der Waals surface area contributed by atoms with E-state index in [-0.39, 0.29) is 17.4 Å². The number of carbonyl (C=O) groups excluding carboxylic acids is 1. The van der Waals surface area contributed by atoms with Gasteiger partial charge in [0.25, 0.3) is 15.9 Å². The van der Waals surface area contributed by atoms with E-state index in [1.165, 1.54) is 34.5 Å². The third-order valence-electron chi connectivity index (χ3n) is 4.68. The number of carbonyl (C=O) groups is 1. The van der Waals surface area contributed by atoms with Crippen LogP contribution < -0.4 is 14.4 Å². The van der Waals surface area contributed by atoms with E-state index in [9.17, 15) is 13.2 Å².